The number of benzene rings is 10. The first-order chi connectivity index (χ1) is 31.5. The predicted octanol–water partition coefficient (Wildman–Crippen LogP) is 17.9. The van der Waals surface area contributed by atoms with Crippen LogP contribution in [-0.4, -0.2) is 0 Å². The van der Waals surface area contributed by atoms with Crippen molar-refractivity contribution in [2.45, 2.75) is 19.3 Å². The predicted molar refractivity (Wildman–Crippen MR) is 273 cm³/mol. The van der Waals surface area contributed by atoms with Crippen LogP contribution in [0.3, 0.4) is 0 Å². The summed E-state index contributed by atoms with van der Waals surface area (Å²) >= 11 is 1.88. The van der Waals surface area contributed by atoms with Gasteiger partial charge in [0.2, 0.25) is 0 Å². The zero-order valence-corrected chi connectivity index (χ0v) is 36.3. The third kappa shape index (κ3) is 5.57. The van der Waals surface area contributed by atoms with Crippen molar-refractivity contribution in [3.8, 4) is 44.5 Å². The molecule has 302 valence electrons. The fourth-order valence-corrected chi connectivity index (χ4v) is 11.8. The van der Waals surface area contributed by atoms with Crippen molar-refractivity contribution in [3.63, 3.8) is 0 Å². The van der Waals surface area contributed by atoms with Gasteiger partial charge in [-0.15, -0.1) is 11.3 Å². The smallest absolute Gasteiger partial charge is 0.143 e. The molecule has 2 nitrogen and oxygen atoms in total. The van der Waals surface area contributed by atoms with Gasteiger partial charge in [-0.05, 0) is 109 Å². The highest BCUT2D eigenvalue weighted by atomic mass is 32.1. The summed E-state index contributed by atoms with van der Waals surface area (Å²) in [5, 5.41) is 7.16. The summed E-state index contributed by atoms with van der Waals surface area (Å²) in [5.41, 5.74) is 17.3. The Morgan fingerprint density at radius 1 is 0.438 bits per heavy atom. The Morgan fingerprint density at radius 2 is 1.08 bits per heavy atom. The maximum Gasteiger partial charge on any atom is 0.143 e. The van der Waals surface area contributed by atoms with E-state index in [1.807, 2.05) is 11.3 Å². The Hall–Kier alpha value is -7.72. The lowest BCUT2D eigenvalue weighted by atomic mass is 9.82. The molecular formula is C61H41NOS. The van der Waals surface area contributed by atoms with E-state index in [0.717, 1.165) is 50.1 Å². The summed E-state index contributed by atoms with van der Waals surface area (Å²) in [6, 6.07) is 77.7. The molecule has 1 aliphatic carbocycles. The van der Waals surface area contributed by atoms with E-state index in [1.165, 1.54) is 75.5 Å². The molecule has 0 saturated carbocycles. The van der Waals surface area contributed by atoms with Crippen molar-refractivity contribution in [2.24, 2.45) is 0 Å². The molecule has 2 heterocycles. The van der Waals surface area contributed by atoms with E-state index in [2.05, 4.69) is 231 Å². The van der Waals surface area contributed by atoms with E-state index in [0.29, 0.717) is 0 Å². The summed E-state index contributed by atoms with van der Waals surface area (Å²) in [7, 11) is 0. The summed E-state index contributed by atoms with van der Waals surface area (Å²) in [6.07, 6.45) is 0. The molecule has 0 spiro atoms. The van der Waals surface area contributed by atoms with Gasteiger partial charge in [0, 0.05) is 47.9 Å². The molecule has 12 aromatic rings. The molecule has 0 N–H and O–H groups in total. The normalized spacial score (nSPS) is 13.0. The fourth-order valence-electron chi connectivity index (χ4n) is 10.6. The minimum atomic E-state index is -0.154. The fraction of sp³-hybridized carbons (Fsp3) is 0.0492. The number of fused-ring (bicyclic) bond motifs is 10. The Bertz CT molecular complexity index is 3800. The van der Waals surface area contributed by atoms with Gasteiger partial charge < -0.3 is 9.32 Å². The van der Waals surface area contributed by atoms with Crippen LogP contribution in [0.5, 0.6) is 0 Å². The van der Waals surface area contributed by atoms with Crippen molar-refractivity contribution in [1.29, 1.82) is 0 Å². The standard InChI is InChI=1S/C61H41NOS/c1-61(2)52-22-10-8-18-47(52)48-35-34-44(37-53(48)61)62(43-32-30-40(31-33-43)46-20-12-21-50-49-19-9-11-25-56(49)64-60(46)50)54-23-13-24-55-58(54)51-36-42-16-6-7-17-45(42)57(59(51)63-55)41-28-26-39(27-29-41)38-14-4-3-5-15-38/h3-37H,1-2H3. The quantitative estimate of drug-likeness (QED) is 0.166. The third-order valence-electron chi connectivity index (χ3n) is 13.7. The molecule has 10 aromatic carbocycles. The van der Waals surface area contributed by atoms with Crippen molar-refractivity contribution in [2.75, 3.05) is 4.90 Å². The van der Waals surface area contributed by atoms with Gasteiger partial charge in [0.05, 0.1) is 11.1 Å². The van der Waals surface area contributed by atoms with Gasteiger partial charge >= 0.3 is 0 Å². The zero-order valence-electron chi connectivity index (χ0n) is 35.5. The second kappa shape index (κ2) is 14.2. The van der Waals surface area contributed by atoms with Crippen LogP contribution in [0.15, 0.2) is 217 Å². The summed E-state index contributed by atoms with van der Waals surface area (Å²) in [4.78, 5) is 2.45. The number of hydrogen-bond acceptors (Lipinski definition) is 3. The topological polar surface area (TPSA) is 16.4 Å². The number of nitrogens with zero attached hydrogens (tertiary/aromatic N) is 1. The van der Waals surface area contributed by atoms with Crippen molar-refractivity contribution < 1.29 is 4.42 Å². The van der Waals surface area contributed by atoms with E-state index >= 15 is 0 Å². The number of anilines is 3. The van der Waals surface area contributed by atoms with Crippen molar-refractivity contribution >= 4 is 81.3 Å². The van der Waals surface area contributed by atoms with Crippen LogP contribution in [0.2, 0.25) is 0 Å². The molecule has 0 aliphatic heterocycles. The van der Waals surface area contributed by atoms with Crippen LogP contribution in [0.25, 0.3) is 97.4 Å². The molecule has 1 aliphatic rings. The van der Waals surface area contributed by atoms with Crippen LogP contribution >= 0.6 is 11.3 Å². The molecule has 0 amide bonds. The van der Waals surface area contributed by atoms with Crippen molar-refractivity contribution in [1.82, 2.24) is 0 Å². The second-order valence-corrected chi connectivity index (χ2v) is 18.7. The summed E-state index contributed by atoms with van der Waals surface area (Å²) in [5.74, 6) is 0. The molecule has 64 heavy (non-hydrogen) atoms. The molecule has 0 radical (unpaired) electrons. The number of thiophene rings is 1. The Kier molecular flexibility index (Phi) is 8.16. The van der Waals surface area contributed by atoms with Crippen LogP contribution in [0.4, 0.5) is 17.1 Å². The van der Waals surface area contributed by atoms with Crippen molar-refractivity contribution in [3.05, 3.63) is 223 Å². The van der Waals surface area contributed by atoms with Gasteiger partial charge in [-0.3, -0.25) is 0 Å². The largest absolute Gasteiger partial charge is 0.455 e. The maximum absolute atomic E-state index is 7.09. The lowest BCUT2D eigenvalue weighted by Gasteiger charge is -2.29. The minimum absolute atomic E-state index is 0.154. The first-order valence-corrected chi connectivity index (χ1v) is 22.9. The average Bonchev–Trinajstić information content (AvgIpc) is 3.99. The van der Waals surface area contributed by atoms with Gasteiger partial charge in [0.1, 0.15) is 11.2 Å². The van der Waals surface area contributed by atoms with Crippen LogP contribution in [-0.2, 0) is 5.41 Å². The Balaban J connectivity index is 1.02. The van der Waals surface area contributed by atoms with E-state index in [-0.39, 0.29) is 5.41 Å². The second-order valence-electron chi connectivity index (χ2n) is 17.6. The molecule has 13 rings (SSSR count). The number of furan rings is 1. The van der Waals surface area contributed by atoms with E-state index in [1.54, 1.807) is 0 Å². The van der Waals surface area contributed by atoms with Gasteiger partial charge in [0.25, 0.3) is 0 Å². The molecule has 3 heteroatoms. The third-order valence-corrected chi connectivity index (χ3v) is 14.9. The Labute approximate surface area is 375 Å². The van der Waals surface area contributed by atoms with Gasteiger partial charge in [-0.25, -0.2) is 0 Å². The van der Waals surface area contributed by atoms with Gasteiger partial charge in [-0.2, -0.15) is 0 Å². The first-order valence-electron chi connectivity index (χ1n) is 22.1. The molecule has 0 fully saturated rings. The highest BCUT2D eigenvalue weighted by Crippen LogP contribution is 2.52. The highest BCUT2D eigenvalue weighted by Gasteiger charge is 2.36. The van der Waals surface area contributed by atoms with E-state index < -0.39 is 0 Å². The maximum atomic E-state index is 7.09. The first kappa shape index (κ1) is 36.9. The lowest BCUT2D eigenvalue weighted by molar-refractivity contribution is 0.660. The van der Waals surface area contributed by atoms with Gasteiger partial charge in [0.15, 0.2) is 0 Å². The molecule has 0 saturated heterocycles. The van der Waals surface area contributed by atoms with Crippen LogP contribution < -0.4 is 4.90 Å². The van der Waals surface area contributed by atoms with Gasteiger partial charge in [-0.1, -0.05) is 178 Å². The van der Waals surface area contributed by atoms with E-state index in [4.69, 9.17) is 4.42 Å². The lowest BCUT2D eigenvalue weighted by Crippen LogP contribution is -2.16. The minimum Gasteiger partial charge on any atom is -0.455 e. The number of hydrogen-bond donors (Lipinski definition) is 0. The molecule has 0 bridgehead atoms. The number of rotatable bonds is 6. The molecule has 2 aromatic heterocycles. The Morgan fingerprint density at radius 3 is 1.94 bits per heavy atom. The molecular weight excluding hydrogens is 795 g/mol. The van der Waals surface area contributed by atoms with E-state index in [9.17, 15) is 0 Å². The average molecular weight is 836 g/mol. The zero-order chi connectivity index (χ0) is 42.5. The summed E-state index contributed by atoms with van der Waals surface area (Å²) in [6.45, 7) is 4.72. The van der Waals surface area contributed by atoms with Crippen LogP contribution in [0, 0.1) is 0 Å². The summed E-state index contributed by atoms with van der Waals surface area (Å²) < 4.78 is 9.73. The highest BCUT2D eigenvalue weighted by molar-refractivity contribution is 7.26. The molecule has 0 unspecified atom stereocenters. The van der Waals surface area contributed by atoms with Crippen LogP contribution in [0.1, 0.15) is 25.0 Å². The SMILES string of the molecule is CC1(C)c2ccccc2-c2ccc(N(c3ccc(-c4cccc5c4sc4ccccc45)cc3)c3cccc4oc5c(-c6ccc(-c7ccccc7)cc6)c6ccccc6cc5c34)cc21. The molecule has 0 atom stereocenters. The monoisotopic (exact) mass is 835 g/mol.